The van der Waals surface area contributed by atoms with E-state index in [0.29, 0.717) is 6.54 Å². The van der Waals surface area contributed by atoms with Gasteiger partial charge in [-0.2, -0.15) is 0 Å². The first-order valence-corrected chi connectivity index (χ1v) is 5.72. The summed E-state index contributed by atoms with van der Waals surface area (Å²) in [6.07, 6.45) is 0. The molecule has 0 aliphatic rings. The van der Waals surface area contributed by atoms with Gasteiger partial charge in [0.1, 0.15) is 11.5 Å². The number of hydrogen-bond donors (Lipinski definition) is 1. The Morgan fingerprint density at radius 1 is 0.882 bits per heavy atom. The Hall–Kier alpha value is -1.80. The van der Waals surface area contributed by atoms with Crippen molar-refractivity contribution in [1.82, 2.24) is 0 Å². The molecular weight excluding hydrogens is 210 g/mol. The number of ether oxygens (including phenoxy) is 1. The van der Waals surface area contributed by atoms with E-state index in [-0.39, 0.29) is 0 Å². The quantitative estimate of drug-likeness (QED) is 0.870. The summed E-state index contributed by atoms with van der Waals surface area (Å²) in [6, 6.07) is 14.0. The molecule has 0 amide bonds. The molecule has 0 saturated heterocycles. The van der Waals surface area contributed by atoms with Crippen LogP contribution in [0, 0.1) is 13.8 Å². The maximum Gasteiger partial charge on any atom is 0.127 e. The molecule has 0 spiro atoms. The molecule has 0 atom stereocenters. The van der Waals surface area contributed by atoms with Crippen LogP contribution in [-0.2, 0) is 6.54 Å². The highest BCUT2D eigenvalue weighted by molar-refractivity contribution is 5.37. The average Bonchev–Trinajstić information content (AvgIpc) is 2.28. The van der Waals surface area contributed by atoms with Crippen molar-refractivity contribution in [2.45, 2.75) is 20.4 Å². The lowest BCUT2D eigenvalue weighted by atomic mass is 10.1. The van der Waals surface area contributed by atoms with Crippen molar-refractivity contribution in [2.24, 2.45) is 5.73 Å². The van der Waals surface area contributed by atoms with Gasteiger partial charge in [-0.25, -0.2) is 0 Å². The molecule has 0 bridgehead atoms. The normalized spacial score (nSPS) is 10.3. The van der Waals surface area contributed by atoms with E-state index in [2.05, 4.69) is 19.9 Å². The molecule has 0 aliphatic carbocycles. The summed E-state index contributed by atoms with van der Waals surface area (Å²) in [7, 11) is 0. The Bertz CT molecular complexity index is 483. The molecular formula is C15H17NO. The Morgan fingerprint density at radius 3 is 2.00 bits per heavy atom. The van der Waals surface area contributed by atoms with Crippen LogP contribution in [0.3, 0.4) is 0 Å². The summed E-state index contributed by atoms with van der Waals surface area (Å²) < 4.78 is 5.80. The van der Waals surface area contributed by atoms with Gasteiger partial charge in [0.2, 0.25) is 0 Å². The molecule has 0 heterocycles. The Balaban J connectivity index is 2.19. The van der Waals surface area contributed by atoms with Gasteiger partial charge in [0, 0.05) is 6.54 Å². The number of rotatable bonds is 3. The highest BCUT2D eigenvalue weighted by atomic mass is 16.5. The van der Waals surface area contributed by atoms with E-state index in [0.717, 1.165) is 17.1 Å². The lowest BCUT2D eigenvalue weighted by Crippen LogP contribution is -1.95. The van der Waals surface area contributed by atoms with Crippen LogP contribution in [0.4, 0.5) is 0 Å². The lowest BCUT2D eigenvalue weighted by molar-refractivity contribution is 0.481. The molecule has 17 heavy (non-hydrogen) atoms. The van der Waals surface area contributed by atoms with Crippen LogP contribution in [-0.4, -0.2) is 0 Å². The van der Waals surface area contributed by atoms with E-state index < -0.39 is 0 Å². The molecule has 88 valence electrons. The smallest absolute Gasteiger partial charge is 0.127 e. The molecule has 2 rings (SSSR count). The fourth-order valence-electron chi connectivity index (χ4n) is 1.82. The van der Waals surface area contributed by atoms with Gasteiger partial charge in [0.05, 0.1) is 0 Å². The minimum Gasteiger partial charge on any atom is -0.457 e. The summed E-state index contributed by atoms with van der Waals surface area (Å²) in [4.78, 5) is 0. The fraction of sp³-hybridized carbons (Fsp3) is 0.200. The van der Waals surface area contributed by atoms with Crippen molar-refractivity contribution in [2.75, 3.05) is 0 Å². The van der Waals surface area contributed by atoms with Crippen LogP contribution < -0.4 is 10.5 Å². The average molecular weight is 227 g/mol. The first-order chi connectivity index (χ1) is 8.17. The van der Waals surface area contributed by atoms with Crippen molar-refractivity contribution < 1.29 is 4.74 Å². The van der Waals surface area contributed by atoms with Crippen LogP contribution in [0.15, 0.2) is 42.5 Å². The fourth-order valence-corrected chi connectivity index (χ4v) is 1.82. The molecule has 0 aliphatic heterocycles. The van der Waals surface area contributed by atoms with Crippen molar-refractivity contribution in [3.05, 3.63) is 59.2 Å². The highest BCUT2D eigenvalue weighted by Gasteiger charge is 1.99. The number of hydrogen-bond acceptors (Lipinski definition) is 2. The van der Waals surface area contributed by atoms with Crippen molar-refractivity contribution >= 4 is 0 Å². The summed E-state index contributed by atoms with van der Waals surface area (Å²) in [5, 5.41) is 0. The Labute approximate surface area is 102 Å². The minimum atomic E-state index is 0.559. The lowest BCUT2D eigenvalue weighted by Gasteiger charge is -2.08. The zero-order chi connectivity index (χ0) is 12.3. The molecule has 2 aromatic rings. The van der Waals surface area contributed by atoms with Crippen LogP contribution in [0.25, 0.3) is 0 Å². The zero-order valence-corrected chi connectivity index (χ0v) is 10.2. The largest absolute Gasteiger partial charge is 0.457 e. The topological polar surface area (TPSA) is 35.2 Å². The Kier molecular flexibility index (Phi) is 3.45. The Morgan fingerprint density at radius 2 is 1.47 bits per heavy atom. The van der Waals surface area contributed by atoms with Crippen LogP contribution in [0.1, 0.15) is 16.7 Å². The van der Waals surface area contributed by atoms with Gasteiger partial charge in [-0.15, -0.1) is 0 Å². The third kappa shape index (κ3) is 3.08. The first-order valence-electron chi connectivity index (χ1n) is 5.72. The third-order valence-corrected chi connectivity index (χ3v) is 2.59. The highest BCUT2D eigenvalue weighted by Crippen LogP contribution is 2.23. The van der Waals surface area contributed by atoms with Gasteiger partial charge in [-0.3, -0.25) is 0 Å². The minimum absolute atomic E-state index is 0.559. The van der Waals surface area contributed by atoms with Crippen LogP contribution >= 0.6 is 0 Å². The summed E-state index contributed by atoms with van der Waals surface area (Å²) >= 11 is 0. The van der Waals surface area contributed by atoms with Gasteiger partial charge in [0.15, 0.2) is 0 Å². The van der Waals surface area contributed by atoms with Crippen molar-refractivity contribution in [3.8, 4) is 11.5 Å². The number of nitrogens with two attached hydrogens (primary N) is 1. The second kappa shape index (κ2) is 5.02. The second-order valence-corrected chi connectivity index (χ2v) is 4.27. The van der Waals surface area contributed by atoms with E-state index >= 15 is 0 Å². The first kappa shape index (κ1) is 11.7. The van der Waals surface area contributed by atoms with E-state index in [9.17, 15) is 0 Å². The molecule has 2 nitrogen and oxygen atoms in total. The monoisotopic (exact) mass is 227 g/mol. The SMILES string of the molecule is Cc1cc(C)cc(Oc2ccc(CN)cc2)c1. The van der Waals surface area contributed by atoms with Gasteiger partial charge in [-0.1, -0.05) is 18.2 Å². The summed E-state index contributed by atoms with van der Waals surface area (Å²) in [5.74, 6) is 1.72. The zero-order valence-electron chi connectivity index (χ0n) is 10.2. The number of aryl methyl sites for hydroxylation is 2. The third-order valence-electron chi connectivity index (χ3n) is 2.59. The van der Waals surface area contributed by atoms with Gasteiger partial charge in [0.25, 0.3) is 0 Å². The van der Waals surface area contributed by atoms with Crippen LogP contribution in [0.5, 0.6) is 11.5 Å². The molecule has 2 heteroatoms. The summed E-state index contributed by atoms with van der Waals surface area (Å²) in [5.41, 5.74) is 9.07. The maximum absolute atomic E-state index is 5.80. The molecule has 2 N–H and O–H groups in total. The maximum atomic E-state index is 5.80. The molecule has 0 aromatic heterocycles. The van der Waals surface area contributed by atoms with Gasteiger partial charge < -0.3 is 10.5 Å². The standard InChI is InChI=1S/C15H17NO/c1-11-7-12(2)9-15(8-11)17-14-5-3-13(10-16)4-6-14/h3-9H,10,16H2,1-2H3. The van der Waals surface area contributed by atoms with Gasteiger partial charge in [-0.05, 0) is 54.8 Å². The van der Waals surface area contributed by atoms with Crippen LogP contribution in [0.2, 0.25) is 0 Å². The predicted octanol–water partition coefficient (Wildman–Crippen LogP) is 3.55. The van der Waals surface area contributed by atoms with E-state index in [1.165, 1.54) is 11.1 Å². The van der Waals surface area contributed by atoms with E-state index in [1.807, 2.05) is 36.4 Å². The number of benzene rings is 2. The molecule has 0 unspecified atom stereocenters. The molecule has 0 radical (unpaired) electrons. The molecule has 0 saturated carbocycles. The van der Waals surface area contributed by atoms with E-state index in [1.54, 1.807) is 0 Å². The summed E-state index contributed by atoms with van der Waals surface area (Å²) in [6.45, 7) is 4.69. The van der Waals surface area contributed by atoms with Crippen molar-refractivity contribution in [1.29, 1.82) is 0 Å². The molecule has 0 fully saturated rings. The predicted molar refractivity (Wildman–Crippen MR) is 70.3 cm³/mol. The molecule has 2 aromatic carbocycles. The van der Waals surface area contributed by atoms with Gasteiger partial charge >= 0.3 is 0 Å². The van der Waals surface area contributed by atoms with Crippen molar-refractivity contribution in [3.63, 3.8) is 0 Å². The second-order valence-electron chi connectivity index (χ2n) is 4.27. The van der Waals surface area contributed by atoms with E-state index in [4.69, 9.17) is 10.5 Å².